The van der Waals surface area contributed by atoms with E-state index in [1.807, 2.05) is 31.2 Å². The van der Waals surface area contributed by atoms with Crippen molar-refractivity contribution in [2.24, 2.45) is 0 Å². The maximum Gasteiger partial charge on any atom is 0.258 e. The number of fused-ring (bicyclic) bond motifs is 1. The van der Waals surface area contributed by atoms with E-state index in [-0.39, 0.29) is 24.3 Å². The van der Waals surface area contributed by atoms with Crippen molar-refractivity contribution in [2.45, 2.75) is 30.7 Å². The number of hydrogen-bond acceptors (Lipinski definition) is 4. The average Bonchev–Trinajstić information content (AvgIpc) is 2.63. The maximum absolute atomic E-state index is 12.3. The van der Waals surface area contributed by atoms with Crippen LogP contribution in [0.5, 0.6) is 5.75 Å². The maximum atomic E-state index is 12.3. The summed E-state index contributed by atoms with van der Waals surface area (Å²) >= 11 is 0. The first-order valence-corrected chi connectivity index (χ1v) is 9.98. The van der Waals surface area contributed by atoms with Crippen molar-refractivity contribution in [3.05, 3.63) is 59.7 Å². The van der Waals surface area contributed by atoms with Crippen molar-refractivity contribution in [3.8, 4) is 5.75 Å². The van der Waals surface area contributed by atoms with E-state index in [2.05, 4.69) is 5.32 Å². The minimum Gasteiger partial charge on any atom is -0.483 e. The molecular formula is C19H21NO4S. The molecule has 0 aromatic heterocycles. The monoisotopic (exact) mass is 359 g/mol. The van der Waals surface area contributed by atoms with Crippen LogP contribution in [0.4, 0.5) is 0 Å². The molecule has 2 aromatic rings. The molecule has 1 amide bonds. The summed E-state index contributed by atoms with van der Waals surface area (Å²) in [5, 5.41) is 2.89. The summed E-state index contributed by atoms with van der Waals surface area (Å²) < 4.78 is 29.9. The second-order valence-corrected chi connectivity index (χ2v) is 8.09. The van der Waals surface area contributed by atoms with Crippen LogP contribution in [-0.4, -0.2) is 26.7 Å². The number of aryl methyl sites for hydroxylation is 1. The van der Waals surface area contributed by atoms with Gasteiger partial charge in [0.05, 0.1) is 16.7 Å². The van der Waals surface area contributed by atoms with Gasteiger partial charge in [0.15, 0.2) is 16.4 Å². The van der Waals surface area contributed by atoms with Gasteiger partial charge in [0.1, 0.15) is 5.75 Å². The van der Waals surface area contributed by atoms with Crippen LogP contribution in [0.1, 0.15) is 30.5 Å². The molecule has 1 atom stereocenters. The number of nitrogens with one attached hydrogen (secondary N) is 1. The zero-order valence-electron chi connectivity index (χ0n) is 14.1. The number of carbonyl (C=O) groups is 1. The molecule has 1 N–H and O–H groups in total. The zero-order valence-corrected chi connectivity index (χ0v) is 14.9. The van der Waals surface area contributed by atoms with E-state index in [1.165, 1.54) is 0 Å². The second-order valence-electron chi connectivity index (χ2n) is 6.02. The van der Waals surface area contributed by atoms with E-state index in [4.69, 9.17) is 4.74 Å². The highest BCUT2D eigenvalue weighted by molar-refractivity contribution is 7.91. The lowest BCUT2D eigenvalue weighted by molar-refractivity contribution is -0.123. The van der Waals surface area contributed by atoms with Gasteiger partial charge >= 0.3 is 0 Å². The fourth-order valence-electron chi connectivity index (χ4n) is 3.06. The topological polar surface area (TPSA) is 72.5 Å². The molecule has 0 radical (unpaired) electrons. The molecule has 3 rings (SSSR count). The highest BCUT2D eigenvalue weighted by Gasteiger charge is 2.30. The second kappa shape index (κ2) is 7.27. The number of rotatable bonds is 5. The van der Waals surface area contributed by atoms with Gasteiger partial charge in [0.2, 0.25) is 0 Å². The number of benzene rings is 2. The van der Waals surface area contributed by atoms with Crippen LogP contribution < -0.4 is 10.1 Å². The molecule has 1 aliphatic rings. The smallest absolute Gasteiger partial charge is 0.258 e. The average molecular weight is 359 g/mol. The molecule has 6 heteroatoms. The summed E-state index contributed by atoms with van der Waals surface area (Å²) in [4.78, 5) is 12.6. The van der Waals surface area contributed by atoms with Gasteiger partial charge in [0, 0.05) is 0 Å². The Balaban J connectivity index is 1.68. The fourth-order valence-corrected chi connectivity index (χ4v) is 4.68. The van der Waals surface area contributed by atoms with Gasteiger partial charge in [-0.1, -0.05) is 43.3 Å². The van der Waals surface area contributed by atoms with Crippen molar-refractivity contribution in [3.63, 3.8) is 0 Å². The Morgan fingerprint density at radius 3 is 2.68 bits per heavy atom. The van der Waals surface area contributed by atoms with Crippen molar-refractivity contribution in [2.75, 3.05) is 12.4 Å². The number of para-hydroxylation sites is 1. The molecule has 0 spiro atoms. The Hall–Kier alpha value is -2.34. The van der Waals surface area contributed by atoms with E-state index in [9.17, 15) is 13.2 Å². The van der Waals surface area contributed by atoms with Crippen molar-refractivity contribution >= 4 is 15.7 Å². The molecule has 2 aromatic carbocycles. The van der Waals surface area contributed by atoms with Gasteiger partial charge in [-0.05, 0) is 36.1 Å². The van der Waals surface area contributed by atoms with Crippen molar-refractivity contribution in [1.82, 2.24) is 5.32 Å². The first-order valence-electron chi connectivity index (χ1n) is 8.33. The van der Waals surface area contributed by atoms with Crippen LogP contribution in [0.25, 0.3) is 0 Å². The number of ether oxygens (including phenoxy) is 1. The summed E-state index contributed by atoms with van der Waals surface area (Å²) in [5.41, 5.74) is 1.69. The first kappa shape index (κ1) is 17.5. The van der Waals surface area contributed by atoms with E-state index in [1.54, 1.807) is 24.3 Å². The third-order valence-electron chi connectivity index (χ3n) is 4.35. The molecular weight excluding hydrogens is 338 g/mol. The van der Waals surface area contributed by atoms with Crippen LogP contribution in [0.15, 0.2) is 53.4 Å². The third-order valence-corrected chi connectivity index (χ3v) is 6.17. The van der Waals surface area contributed by atoms with Crippen LogP contribution in [0, 0.1) is 0 Å². The third kappa shape index (κ3) is 3.85. The molecule has 132 valence electrons. The van der Waals surface area contributed by atoms with E-state index >= 15 is 0 Å². The van der Waals surface area contributed by atoms with Crippen LogP contribution >= 0.6 is 0 Å². The summed E-state index contributed by atoms with van der Waals surface area (Å²) in [6.07, 6.45) is 1.20. The Kier molecular flexibility index (Phi) is 5.08. The predicted octanol–water partition coefficient (Wildman–Crippen LogP) is 2.66. The number of carbonyl (C=O) groups excluding carboxylic acids is 1. The van der Waals surface area contributed by atoms with Crippen LogP contribution in [0.3, 0.4) is 0 Å². The lowest BCUT2D eigenvalue weighted by Crippen LogP contribution is -2.36. The van der Waals surface area contributed by atoms with Gasteiger partial charge in [-0.25, -0.2) is 8.42 Å². The number of sulfone groups is 1. The van der Waals surface area contributed by atoms with E-state index in [0.29, 0.717) is 22.6 Å². The molecule has 0 saturated heterocycles. The Bertz CT molecular complexity index is 876. The van der Waals surface area contributed by atoms with Crippen molar-refractivity contribution < 1.29 is 17.9 Å². The van der Waals surface area contributed by atoms with Gasteiger partial charge < -0.3 is 10.1 Å². The van der Waals surface area contributed by atoms with Crippen molar-refractivity contribution in [1.29, 1.82) is 0 Å². The molecule has 5 nitrogen and oxygen atoms in total. The molecule has 1 heterocycles. The summed E-state index contributed by atoms with van der Waals surface area (Å²) in [6.45, 7) is 1.93. The number of hydrogen-bond donors (Lipinski definition) is 1. The SMILES string of the molecule is CCc1ccccc1OCC(=O)NC1CCS(=O)(=O)c2ccccc21. The molecule has 1 aliphatic heterocycles. The first-order chi connectivity index (χ1) is 12.0. The summed E-state index contributed by atoms with van der Waals surface area (Å²) in [5.74, 6) is 0.478. The lowest BCUT2D eigenvalue weighted by Gasteiger charge is -2.26. The molecule has 0 saturated carbocycles. The largest absolute Gasteiger partial charge is 0.483 e. The minimum atomic E-state index is -3.26. The highest BCUT2D eigenvalue weighted by Crippen LogP contribution is 2.31. The highest BCUT2D eigenvalue weighted by atomic mass is 32.2. The van der Waals surface area contributed by atoms with E-state index in [0.717, 1.165) is 12.0 Å². The fraction of sp³-hybridized carbons (Fsp3) is 0.316. The Morgan fingerprint density at radius 1 is 1.16 bits per heavy atom. The Labute approximate surface area is 147 Å². The van der Waals surface area contributed by atoms with Gasteiger partial charge in [0.25, 0.3) is 5.91 Å². The van der Waals surface area contributed by atoms with Gasteiger partial charge in [-0.15, -0.1) is 0 Å². The van der Waals surface area contributed by atoms with E-state index < -0.39 is 9.84 Å². The molecule has 1 unspecified atom stereocenters. The predicted molar refractivity (Wildman–Crippen MR) is 95.3 cm³/mol. The number of amides is 1. The Morgan fingerprint density at radius 2 is 1.88 bits per heavy atom. The van der Waals surface area contributed by atoms with Crippen LogP contribution in [-0.2, 0) is 21.1 Å². The molecule has 0 bridgehead atoms. The zero-order chi connectivity index (χ0) is 17.9. The van der Waals surface area contributed by atoms with Gasteiger partial charge in [-0.3, -0.25) is 4.79 Å². The summed E-state index contributed by atoms with van der Waals surface area (Å²) in [6, 6.07) is 14.1. The molecule has 0 aliphatic carbocycles. The normalized spacial score (nSPS) is 18.2. The van der Waals surface area contributed by atoms with Gasteiger partial charge in [-0.2, -0.15) is 0 Å². The summed E-state index contributed by atoms with van der Waals surface area (Å²) in [7, 11) is -3.26. The van der Waals surface area contributed by atoms with Crippen LogP contribution in [0.2, 0.25) is 0 Å². The quantitative estimate of drug-likeness (QED) is 0.891. The standard InChI is InChI=1S/C19H21NO4S/c1-2-14-7-3-5-9-17(14)24-13-19(21)20-16-11-12-25(22,23)18-10-6-4-8-15(16)18/h3-10,16H,2,11-13H2,1H3,(H,20,21). The minimum absolute atomic E-state index is 0.0362. The lowest BCUT2D eigenvalue weighted by atomic mass is 10.0. The molecule has 0 fully saturated rings. The molecule has 25 heavy (non-hydrogen) atoms.